The van der Waals surface area contributed by atoms with Crippen molar-refractivity contribution >= 4 is 29.3 Å². The molecule has 3 unspecified atom stereocenters. The van der Waals surface area contributed by atoms with Gasteiger partial charge in [-0.25, -0.2) is 4.98 Å². The third kappa shape index (κ3) is 7.91. The fraction of sp³-hybridized carbons (Fsp3) is 0.393. The van der Waals surface area contributed by atoms with Crippen molar-refractivity contribution in [2.24, 2.45) is 7.05 Å². The largest absolute Gasteiger partial charge is 0.481 e. The minimum atomic E-state index is -0.857. The van der Waals surface area contributed by atoms with E-state index in [0.717, 1.165) is 21.8 Å². The van der Waals surface area contributed by atoms with E-state index >= 15 is 0 Å². The van der Waals surface area contributed by atoms with Crippen LogP contribution in [0.15, 0.2) is 66.1 Å². The molecular weight excluding hydrogens is 506 g/mol. The molecule has 4 rings (SSSR count). The molecule has 1 aliphatic rings. The van der Waals surface area contributed by atoms with Gasteiger partial charge in [0.15, 0.2) is 11.4 Å². The maximum absolute atomic E-state index is 12.4. The van der Waals surface area contributed by atoms with E-state index in [9.17, 15) is 14.7 Å². The average Bonchev–Trinajstić information content (AvgIpc) is 3.34. The molecule has 0 aliphatic carbocycles. The number of aliphatic carboxylic acids is 1. The van der Waals surface area contributed by atoms with Gasteiger partial charge in [0.1, 0.15) is 0 Å². The van der Waals surface area contributed by atoms with Crippen molar-refractivity contribution in [1.82, 2.24) is 9.55 Å². The van der Waals surface area contributed by atoms with Crippen LogP contribution in [0.2, 0.25) is 0 Å². The number of carboxylic acids is 1. The minimum Gasteiger partial charge on any atom is -0.481 e. The molecule has 2 heterocycles. The number of aliphatic hydroxyl groups excluding tert-OH is 1. The number of aryl methyl sites for hydroxylation is 1. The fourth-order valence-corrected chi connectivity index (χ4v) is 5.18. The standard InChI is InChI=1S/C28H33N3O6S/c1-31-14-13-29-28(31)38-18-23-16-24(20-11-9-19(17-32)10-12-20)37-27(36-23)21-5-4-6-22(15-21)30-25(33)7-2-3-8-26(34)35/h4-6,9-15,23-24,27,32H,2-3,7-8,16-18H2,1H3,(H,30,33)(H,34,35). The van der Waals surface area contributed by atoms with E-state index in [1.54, 1.807) is 24.0 Å². The Balaban J connectivity index is 1.45. The summed E-state index contributed by atoms with van der Waals surface area (Å²) in [6.45, 7) is -0.0153. The van der Waals surface area contributed by atoms with Crippen LogP contribution in [0.5, 0.6) is 0 Å². The van der Waals surface area contributed by atoms with Crippen LogP contribution in [0.4, 0.5) is 5.69 Å². The number of unbranched alkanes of at least 4 members (excludes halogenated alkanes) is 1. The number of carboxylic acid groups (broad SMARTS) is 1. The second kappa shape index (κ2) is 13.6. The molecule has 1 saturated heterocycles. The summed E-state index contributed by atoms with van der Waals surface area (Å²) >= 11 is 1.63. The summed E-state index contributed by atoms with van der Waals surface area (Å²) < 4.78 is 14.8. The molecule has 3 atom stereocenters. The second-order valence-electron chi connectivity index (χ2n) is 9.26. The second-order valence-corrected chi connectivity index (χ2v) is 10.2. The zero-order valence-electron chi connectivity index (χ0n) is 21.3. The number of imidazole rings is 1. The molecule has 0 radical (unpaired) electrons. The van der Waals surface area contributed by atoms with Gasteiger partial charge in [0.05, 0.1) is 18.8 Å². The van der Waals surface area contributed by atoms with Gasteiger partial charge in [0.2, 0.25) is 5.91 Å². The first-order valence-electron chi connectivity index (χ1n) is 12.6. The topological polar surface area (TPSA) is 123 Å². The summed E-state index contributed by atoms with van der Waals surface area (Å²) in [5, 5.41) is 22.0. The number of aliphatic hydroxyl groups is 1. The van der Waals surface area contributed by atoms with Crippen LogP contribution < -0.4 is 5.32 Å². The number of aromatic nitrogens is 2. The van der Waals surface area contributed by atoms with E-state index in [2.05, 4.69) is 10.3 Å². The first kappa shape index (κ1) is 27.8. The molecule has 1 aliphatic heterocycles. The molecule has 1 amide bonds. The Hall–Kier alpha value is -3.18. The Labute approximate surface area is 226 Å². The van der Waals surface area contributed by atoms with E-state index < -0.39 is 12.3 Å². The predicted molar refractivity (Wildman–Crippen MR) is 144 cm³/mol. The molecule has 3 aromatic rings. The third-order valence-corrected chi connectivity index (χ3v) is 7.47. The van der Waals surface area contributed by atoms with E-state index in [-0.39, 0.29) is 37.6 Å². The van der Waals surface area contributed by atoms with Gasteiger partial charge in [-0.15, -0.1) is 0 Å². The van der Waals surface area contributed by atoms with Crippen LogP contribution in [0, 0.1) is 0 Å². The number of benzene rings is 2. The average molecular weight is 540 g/mol. The highest BCUT2D eigenvalue weighted by molar-refractivity contribution is 7.99. The molecule has 9 nitrogen and oxygen atoms in total. The molecule has 38 heavy (non-hydrogen) atoms. The maximum Gasteiger partial charge on any atom is 0.303 e. The number of ether oxygens (including phenoxy) is 2. The number of nitrogens with one attached hydrogen (secondary N) is 1. The van der Waals surface area contributed by atoms with Crippen molar-refractivity contribution in [3.05, 3.63) is 77.6 Å². The lowest BCUT2D eigenvalue weighted by Crippen LogP contribution is -2.31. The number of carbonyl (C=O) groups excluding carboxylic acids is 1. The summed E-state index contributed by atoms with van der Waals surface area (Å²) in [6, 6.07) is 15.2. The van der Waals surface area contributed by atoms with Gasteiger partial charge in [-0.3, -0.25) is 9.59 Å². The summed E-state index contributed by atoms with van der Waals surface area (Å²) in [4.78, 5) is 27.4. The molecule has 1 fully saturated rings. The van der Waals surface area contributed by atoms with Gasteiger partial charge >= 0.3 is 5.97 Å². The molecule has 2 aromatic carbocycles. The summed E-state index contributed by atoms with van der Waals surface area (Å²) in [5.74, 6) is -0.322. The Kier molecular flexibility index (Phi) is 9.94. The lowest BCUT2D eigenvalue weighted by molar-refractivity contribution is -0.245. The molecule has 10 heteroatoms. The van der Waals surface area contributed by atoms with Gasteiger partial charge < -0.3 is 29.6 Å². The van der Waals surface area contributed by atoms with E-state index in [4.69, 9.17) is 14.6 Å². The van der Waals surface area contributed by atoms with E-state index in [1.165, 1.54) is 0 Å². The number of anilines is 1. The van der Waals surface area contributed by atoms with Crippen LogP contribution in [-0.4, -0.2) is 43.5 Å². The van der Waals surface area contributed by atoms with Crippen LogP contribution in [-0.2, 0) is 32.7 Å². The highest BCUT2D eigenvalue weighted by atomic mass is 32.2. The molecule has 202 valence electrons. The number of rotatable bonds is 12. The molecule has 0 saturated carbocycles. The van der Waals surface area contributed by atoms with Crippen molar-refractivity contribution in [1.29, 1.82) is 0 Å². The summed E-state index contributed by atoms with van der Waals surface area (Å²) in [5.41, 5.74) is 3.27. The maximum atomic E-state index is 12.4. The number of hydrogen-bond donors (Lipinski definition) is 3. The summed E-state index contributed by atoms with van der Waals surface area (Å²) in [7, 11) is 1.96. The zero-order chi connectivity index (χ0) is 26.9. The first-order chi connectivity index (χ1) is 18.4. The Morgan fingerprint density at radius 3 is 2.61 bits per heavy atom. The normalized spacial score (nSPS) is 19.3. The molecule has 0 spiro atoms. The lowest BCUT2D eigenvalue weighted by atomic mass is 10.0. The van der Waals surface area contributed by atoms with Crippen molar-refractivity contribution in [3.63, 3.8) is 0 Å². The summed E-state index contributed by atoms with van der Waals surface area (Å²) in [6.07, 6.45) is 4.69. The Morgan fingerprint density at radius 2 is 1.89 bits per heavy atom. The van der Waals surface area contributed by atoms with Crippen molar-refractivity contribution < 1.29 is 29.3 Å². The molecule has 3 N–H and O–H groups in total. The number of hydrogen-bond acceptors (Lipinski definition) is 7. The first-order valence-corrected chi connectivity index (χ1v) is 13.6. The van der Waals surface area contributed by atoms with Gasteiger partial charge in [0.25, 0.3) is 0 Å². The van der Waals surface area contributed by atoms with Crippen LogP contribution >= 0.6 is 11.8 Å². The van der Waals surface area contributed by atoms with Gasteiger partial charge in [-0.2, -0.15) is 0 Å². The van der Waals surface area contributed by atoms with E-state index in [0.29, 0.717) is 30.7 Å². The molecular formula is C28H33N3O6S. The van der Waals surface area contributed by atoms with Crippen LogP contribution in [0.3, 0.4) is 0 Å². The molecule has 1 aromatic heterocycles. The number of amides is 1. The highest BCUT2D eigenvalue weighted by Gasteiger charge is 2.32. The Morgan fingerprint density at radius 1 is 1.11 bits per heavy atom. The van der Waals surface area contributed by atoms with Crippen molar-refractivity contribution in [2.45, 2.75) is 62.4 Å². The van der Waals surface area contributed by atoms with E-state index in [1.807, 2.05) is 60.3 Å². The monoisotopic (exact) mass is 539 g/mol. The SMILES string of the molecule is Cn1ccnc1SCC1CC(c2ccc(CO)cc2)OC(c2cccc(NC(=O)CCCCC(=O)O)c2)O1. The van der Waals surface area contributed by atoms with Gasteiger partial charge in [-0.1, -0.05) is 48.2 Å². The lowest BCUT2D eigenvalue weighted by Gasteiger charge is -2.36. The zero-order valence-corrected chi connectivity index (χ0v) is 22.1. The minimum absolute atomic E-state index is 0.0153. The quantitative estimate of drug-likeness (QED) is 0.221. The fourth-order valence-electron chi connectivity index (χ4n) is 4.23. The van der Waals surface area contributed by atoms with Crippen LogP contribution in [0.1, 0.15) is 61.2 Å². The number of thioether (sulfide) groups is 1. The smallest absolute Gasteiger partial charge is 0.303 e. The van der Waals surface area contributed by atoms with Crippen molar-refractivity contribution in [3.8, 4) is 0 Å². The third-order valence-electron chi connectivity index (χ3n) is 6.28. The number of nitrogens with zero attached hydrogens (tertiary/aromatic N) is 2. The van der Waals surface area contributed by atoms with Gasteiger partial charge in [-0.05, 0) is 36.1 Å². The highest BCUT2D eigenvalue weighted by Crippen LogP contribution is 2.39. The number of carbonyl (C=O) groups is 2. The van der Waals surface area contributed by atoms with Gasteiger partial charge in [0, 0.05) is 55.7 Å². The van der Waals surface area contributed by atoms with Crippen molar-refractivity contribution in [2.75, 3.05) is 11.1 Å². The Bertz CT molecular complexity index is 1220. The molecule has 0 bridgehead atoms. The predicted octanol–water partition coefficient (Wildman–Crippen LogP) is 4.83. The van der Waals surface area contributed by atoms with Crippen LogP contribution in [0.25, 0.3) is 0 Å².